The Morgan fingerprint density at radius 3 is 2.62 bits per heavy atom. The van der Waals surface area contributed by atoms with Crippen LogP contribution in [0, 0.1) is 17.0 Å². The number of hydrogen-bond acceptors (Lipinski definition) is 3. The van der Waals surface area contributed by atoms with Crippen molar-refractivity contribution in [1.82, 2.24) is 0 Å². The molecule has 0 radical (unpaired) electrons. The molecule has 5 heteroatoms. The van der Waals surface area contributed by atoms with Crippen molar-refractivity contribution in [3.05, 3.63) is 39.4 Å². The first kappa shape index (κ1) is 12.6. The summed E-state index contributed by atoms with van der Waals surface area (Å²) in [5.74, 6) is -0.0994. The number of hydrogen-bond donors (Lipinski definition) is 0. The minimum Gasteiger partial charge on any atom is -0.298 e. The number of nitrogens with zero attached hydrogens (tertiary/aromatic N) is 1. The number of carbonyl (C=O) groups excluding carboxylic acids is 1. The first-order valence-electron chi connectivity index (χ1n) is 4.80. The fraction of sp³-hybridized carbons (Fsp3) is 0.364. The van der Waals surface area contributed by atoms with Crippen LogP contribution in [0.2, 0.25) is 0 Å². The van der Waals surface area contributed by atoms with Crippen LogP contribution < -0.4 is 0 Å². The molecule has 1 aromatic carbocycles. The molecular weight excluding hydrogens is 230 g/mol. The molecule has 0 spiro atoms. The molecular formula is C11H12ClNO3. The first-order chi connectivity index (χ1) is 7.41. The molecule has 16 heavy (non-hydrogen) atoms. The fourth-order valence-corrected chi connectivity index (χ4v) is 1.58. The van der Waals surface area contributed by atoms with E-state index in [1.807, 2.05) is 0 Å². The Labute approximate surface area is 98.4 Å². The maximum atomic E-state index is 11.0. The van der Waals surface area contributed by atoms with E-state index >= 15 is 0 Å². The standard InChI is InChI=1S/C11H12ClNO3/c1-7-5-9(6-10(12)8(2)14)3-4-11(7)13(15)16/h3-5,10H,6H2,1-2H3. The molecule has 0 aliphatic heterocycles. The van der Waals surface area contributed by atoms with Gasteiger partial charge in [-0.3, -0.25) is 14.9 Å². The summed E-state index contributed by atoms with van der Waals surface area (Å²) in [6.07, 6.45) is 0.399. The predicted molar refractivity (Wildman–Crippen MR) is 61.9 cm³/mol. The van der Waals surface area contributed by atoms with Gasteiger partial charge in [-0.2, -0.15) is 0 Å². The van der Waals surface area contributed by atoms with Crippen molar-refractivity contribution < 1.29 is 9.72 Å². The lowest BCUT2D eigenvalue weighted by atomic mass is 10.0. The second-order valence-corrected chi connectivity index (χ2v) is 4.19. The van der Waals surface area contributed by atoms with Crippen molar-refractivity contribution in [2.24, 2.45) is 0 Å². The number of ketones is 1. The van der Waals surface area contributed by atoms with Gasteiger partial charge in [0.15, 0.2) is 0 Å². The van der Waals surface area contributed by atoms with Gasteiger partial charge in [-0.05, 0) is 31.9 Å². The summed E-state index contributed by atoms with van der Waals surface area (Å²) in [7, 11) is 0. The lowest BCUT2D eigenvalue weighted by Crippen LogP contribution is -2.13. The van der Waals surface area contributed by atoms with Crippen molar-refractivity contribution in [2.45, 2.75) is 25.6 Å². The van der Waals surface area contributed by atoms with Gasteiger partial charge in [0.25, 0.3) is 5.69 Å². The zero-order chi connectivity index (χ0) is 12.3. The third-order valence-corrected chi connectivity index (χ3v) is 2.78. The van der Waals surface area contributed by atoms with Gasteiger partial charge in [0.1, 0.15) is 5.78 Å². The van der Waals surface area contributed by atoms with Gasteiger partial charge in [-0.25, -0.2) is 0 Å². The number of alkyl halides is 1. The Morgan fingerprint density at radius 2 is 2.19 bits per heavy atom. The van der Waals surface area contributed by atoms with Crippen LogP contribution in [0.4, 0.5) is 5.69 Å². The normalized spacial score (nSPS) is 12.2. The number of nitro benzene ring substituents is 1. The molecule has 0 aromatic heterocycles. The van der Waals surface area contributed by atoms with Gasteiger partial charge in [0, 0.05) is 11.6 Å². The molecule has 4 nitrogen and oxygen atoms in total. The quantitative estimate of drug-likeness (QED) is 0.463. The minimum absolute atomic E-state index is 0.0812. The minimum atomic E-state index is -0.569. The molecule has 0 heterocycles. The maximum absolute atomic E-state index is 11.0. The van der Waals surface area contributed by atoms with E-state index < -0.39 is 10.3 Å². The Morgan fingerprint density at radius 1 is 1.56 bits per heavy atom. The van der Waals surface area contributed by atoms with Gasteiger partial charge in [-0.15, -0.1) is 11.6 Å². The van der Waals surface area contributed by atoms with Crippen molar-refractivity contribution in [2.75, 3.05) is 0 Å². The smallest absolute Gasteiger partial charge is 0.272 e. The Hall–Kier alpha value is -1.42. The van der Waals surface area contributed by atoms with Crippen LogP contribution in [0.25, 0.3) is 0 Å². The summed E-state index contributed by atoms with van der Waals surface area (Å²) in [6, 6.07) is 4.76. The highest BCUT2D eigenvalue weighted by Crippen LogP contribution is 2.20. The topological polar surface area (TPSA) is 60.2 Å². The van der Waals surface area contributed by atoms with Gasteiger partial charge >= 0.3 is 0 Å². The summed E-state index contributed by atoms with van der Waals surface area (Å²) in [4.78, 5) is 21.1. The van der Waals surface area contributed by atoms with E-state index in [-0.39, 0.29) is 11.5 Å². The van der Waals surface area contributed by atoms with E-state index in [1.165, 1.54) is 13.0 Å². The molecule has 0 fully saturated rings. The highest BCUT2D eigenvalue weighted by Gasteiger charge is 2.14. The molecule has 0 saturated heterocycles. The molecule has 1 atom stereocenters. The average Bonchev–Trinajstić information content (AvgIpc) is 2.16. The Kier molecular flexibility index (Phi) is 4.01. The molecule has 0 bridgehead atoms. The molecule has 86 valence electrons. The number of Topliss-reactive ketones (excluding diaryl/α,β-unsaturated/α-hetero) is 1. The third-order valence-electron chi connectivity index (χ3n) is 2.31. The van der Waals surface area contributed by atoms with Crippen LogP contribution in [0.5, 0.6) is 0 Å². The summed E-state index contributed by atoms with van der Waals surface area (Å²) >= 11 is 5.82. The second-order valence-electron chi connectivity index (χ2n) is 3.66. The SMILES string of the molecule is CC(=O)C(Cl)Cc1ccc([N+](=O)[O-])c(C)c1. The van der Waals surface area contributed by atoms with Crippen molar-refractivity contribution >= 4 is 23.1 Å². The Bertz CT molecular complexity index is 431. The highest BCUT2D eigenvalue weighted by atomic mass is 35.5. The maximum Gasteiger partial charge on any atom is 0.272 e. The molecule has 0 N–H and O–H groups in total. The van der Waals surface area contributed by atoms with Crippen LogP contribution >= 0.6 is 11.6 Å². The first-order valence-corrected chi connectivity index (χ1v) is 5.24. The largest absolute Gasteiger partial charge is 0.298 e. The lowest BCUT2D eigenvalue weighted by Gasteiger charge is -2.06. The summed E-state index contributed by atoms with van der Waals surface area (Å²) in [5, 5.41) is 10.0. The van der Waals surface area contributed by atoms with Crippen molar-refractivity contribution in [1.29, 1.82) is 0 Å². The van der Waals surface area contributed by atoms with E-state index in [1.54, 1.807) is 19.1 Å². The molecule has 1 aromatic rings. The van der Waals surface area contributed by atoms with Crippen molar-refractivity contribution in [3.63, 3.8) is 0 Å². The van der Waals surface area contributed by atoms with Crippen LogP contribution in [-0.2, 0) is 11.2 Å². The number of aryl methyl sites for hydroxylation is 1. The lowest BCUT2D eigenvalue weighted by molar-refractivity contribution is -0.385. The van der Waals surface area contributed by atoms with E-state index in [4.69, 9.17) is 11.6 Å². The monoisotopic (exact) mass is 241 g/mol. The van der Waals surface area contributed by atoms with Crippen LogP contribution in [0.15, 0.2) is 18.2 Å². The zero-order valence-electron chi connectivity index (χ0n) is 9.07. The predicted octanol–water partition coefficient (Wildman–Crippen LogP) is 2.64. The van der Waals surface area contributed by atoms with Crippen LogP contribution in [-0.4, -0.2) is 16.1 Å². The van der Waals surface area contributed by atoms with E-state index in [9.17, 15) is 14.9 Å². The number of carbonyl (C=O) groups is 1. The summed E-state index contributed by atoms with van der Waals surface area (Å²) in [5.41, 5.74) is 1.49. The summed E-state index contributed by atoms with van der Waals surface area (Å²) < 4.78 is 0. The van der Waals surface area contributed by atoms with Crippen molar-refractivity contribution in [3.8, 4) is 0 Å². The van der Waals surface area contributed by atoms with E-state index in [2.05, 4.69) is 0 Å². The zero-order valence-corrected chi connectivity index (χ0v) is 9.82. The second kappa shape index (κ2) is 5.07. The molecule has 0 aliphatic carbocycles. The molecule has 1 rings (SSSR count). The third kappa shape index (κ3) is 3.03. The number of benzene rings is 1. The molecule has 1 unspecified atom stereocenters. The van der Waals surface area contributed by atoms with E-state index in [0.717, 1.165) is 5.56 Å². The summed E-state index contributed by atoms with van der Waals surface area (Å²) in [6.45, 7) is 3.09. The van der Waals surface area contributed by atoms with E-state index in [0.29, 0.717) is 12.0 Å². The van der Waals surface area contributed by atoms with Gasteiger partial charge in [0.05, 0.1) is 10.3 Å². The number of nitro groups is 1. The van der Waals surface area contributed by atoms with Crippen LogP contribution in [0.1, 0.15) is 18.1 Å². The number of rotatable bonds is 4. The Balaban J connectivity index is 2.89. The highest BCUT2D eigenvalue weighted by molar-refractivity contribution is 6.30. The average molecular weight is 242 g/mol. The fourth-order valence-electron chi connectivity index (χ4n) is 1.40. The molecule has 0 amide bonds. The van der Waals surface area contributed by atoms with Gasteiger partial charge < -0.3 is 0 Å². The van der Waals surface area contributed by atoms with Gasteiger partial charge in [-0.1, -0.05) is 6.07 Å². The molecule has 0 aliphatic rings. The molecule has 0 saturated carbocycles. The van der Waals surface area contributed by atoms with Gasteiger partial charge in [0.2, 0.25) is 0 Å². The number of halogens is 1. The van der Waals surface area contributed by atoms with Crippen LogP contribution in [0.3, 0.4) is 0 Å².